The van der Waals surface area contributed by atoms with Gasteiger partial charge in [0.15, 0.2) is 0 Å². The van der Waals surface area contributed by atoms with Gasteiger partial charge >= 0.3 is 0 Å². The first-order valence-corrected chi connectivity index (χ1v) is 2.61. The van der Waals surface area contributed by atoms with Crippen molar-refractivity contribution >= 4 is 5.71 Å². The summed E-state index contributed by atoms with van der Waals surface area (Å²) >= 11 is 0. The SMILES string of the molecule is CCC(=NO)C(C)O. The summed E-state index contributed by atoms with van der Waals surface area (Å²) in [6.45, 7) is 3.39. The molecule has 0 rings (SSSR count). The summed E-state index contributed by atoms with van der Waals surface area (Å²) < 4.78 is 0. The van der Waals surface area contributed by atoms with Crippen LogP contribution in [0.25, 0.3) is 0 Å². The van der Waals surface area contributed by atoms with Crippen LogP contribution in [0.4, 0.5) is 0 Å². The van der Waals surface area contributed by atoms with Crippen molar-refractivity contribution in [2.24, 2.45) is 5.16 Å². The quantitative estimate of drug-likeness (QED) is 0.316. The fourth-order valence-electron chi connectivity index (χ4n) is 0.450. The van der Waals surface area contributed by atoms with E-state index in [1.54, 1.807) is 6.92 Å². The van der Waals surface area contributed by atoms with E-state index in [0.717, 1.165) is 0 Å². The van der Waals surface area contributed by atoms with Gasteiger partial charge in [-0.05, 0) is 13.3 Å². The van der Waals surface area contributed by atoms with Crippen molar-refractivity contribution in [1.29, 1.82) is 0 Å². The molecule has 0 aromatic rings. The maximum atomic E-state index is 8.72. The van der Waals surface area contributed by atoms with E-state index in [4.69, 9.17) is 10.3 Å². The molecule has 48 valence electrons. The zero-order valence-corrected chi connectivity index (χ0v) is 5.13. The summed E-state index contributed by atoms with van der Waals surface area (Å²) in [5.41, 5.74) is 0.421. The molecule has 1 unspecified atom stereocenters. The van der Waals surface area contributed by atoms with Gasteiger partial charge in [-0.15, -0.1) is 0 Å². The average molecular weight is 117 g/mol. The first-order valence-electron chi connectivity index (χ1n) is 2.61. The molecule has 0 amide bonds. The second kappa shape index (κ2) is 3.43. The van der Waals surface area contributed by atoms with Gasteiger partial charge in [0.1, 0.15) is 0 Å². The van der Waals surface area contributed by atoms with Crippen LogP contribution < -0.4 is 0 Å². The highest BCUT2D eigenvalue weighted by Crippen LogP contribution is 1.90. The minimum absolute atomic E-state index is 0.421. The standard InChI is InChI=1S/C5H11NO2/c1-3-5(6-8)4(2)7/h4,7-8H,3H2,1-2H3. The molecule has 0 aliphatic carbocycles. The molecule has 0 heterocycles. The van der Waals surface area contributed by atoms with Gasteiger partial charge in [-0.2, -0.15) is 0 Å². The van der Waals surface area contributed by atoms with E-state index < -0.39 is 6.10 Å². The maximum Gasteiger partial charge on any atom is 0.0926 e. The lowest BCUT2D eigenvalue weighted by Crippen LogP contribution is -2.14. The van der Waals surface area contributed by atoms with Crippen LogP contribution >= 0.6 is 0 Å². The van der Waals surface area contributed by atoms with Crippen molar-refractivity contribution in [1.82, 2.24) is 0 Å². The minimum Gasteiger partial charge on any atom is -0.411 e. The molecule has 0 aromatic carbocycles. The number of hydrogen-bond acceptors (Lipinski definition) is 3. The Kier molecular flexibility index (Phi) is 3.19. The van der Waals surface area contributed by atoms with Crippen LogP contribution in [-0.2, 0) is 0 Å². The number of hydrogen-bond donors (Lipinski definition) is 2. The average Bonchev–Trinajstić information content (AvgIpc) is 1.69. The second-order valence-corrected chi connectivity index (χ2v) is 1.62. The summed E-state index contributed by atoms with van der Waals surface area (Å²) in [5, 5.41) is 19.7. The van der Waals surface area contributed by atoms with Crippen LogP contribution in [0.2, 0.25) is 0 Å². The largest absolute Gasteiger partial charge is 0.411 e. The minimum atomic E-state index is -0.620. The van der Waals surface area contributed by atoms with Crippen molar-refractivity contribution < 1.29 is 10.3 Å². The molecule has 0 aromatic heterocycles. The molecule has 0 radical (unpaired) electrons. The van der Waals surface area contributed by atoms with E-state index in [-0.39, 0.29) is 0 Å². The van der Waals surface area contributed by atoms with Gasteiger partial charge in [-0.25, -0.2) is 0 Å². The second-order valence-electron chi connectivity index (χ2n) is 1.62. The molecule has 2 N–H and O–H groups in total. The number of oxime groups is 1. The highest BCUT2D eigenvalue weighted by atomic mass is 16.4. The molecule has 0 aliphatic rings. The van der Waals surface area contributed by atoms with Gasteiger partial charge in [0.2, 0.25) is 0 Å². The Morgan fingerprint density at radius 3 is 2.25 bits per heavy atom. The van der Waals surface area contributed by atoms with Crippen LogP contribution in [0.15, 0.2) is 5.16 Å². The lowest BCUT2D eigenvalue weighted by atomic mass is 10.2. The molecule has 0 spiro atoms. The summed E-state index contributed by atoms with van der Waals surface area (Å²) in [4.78, 5) is 0. The van der Waals surface area contributed by atoms with Crippen LogP contribution in [0.3, 0.4) is 0 Å². The predicted octanol–water partition coefficient (Wildman–Crippen LogP) is 0.607. The Labute approximate surface area is 48.6 Å². The zero-order valence-electron chi connectivity index (χ0n) is 5.13. The van der Waals surface area contributed by atoms with Gasteiger partial charge in [0.25, 0.3) is 0 Å². The molecule has 0 aliphatic heterocycles. The van der Waals surface area contributed by atoms with E-state index in [9.17, 15) is 0 Å². The summed E-state index contributed by atoms with van der Waals surface area (Å²) in [7, 11) is 0. The Hall–Kier alpha value is -0.570. The highest BCUT2D eigenvalue weighted by Gasteiger charge is 2.02. The number of aliphatic hydroxyl groups is 1. The fourth-order valence-corrected chi connectivity index (χ4v) is 0.450. The Morgan fingerprint density at radius 1 is 1.75 bits per heavy atom. The van der Waals surface area contributed by atoms with Gasteiger partial charge in [0, 0.05) is 0 Å². The monoisotopic (exact) mass is 117 g/mol. The molecule has 3 nitrogen and oxygen atoms in total. The van der Waals surface area contributed by atoms with E-state index in [1.165, 1.54) is 0 Å². The Bertz CT molecular complexity index is 88.4. The lowest BCUT2D eigenvalue weighted by molar-refractivity contribution is 0.245. The fraction of sp³-hybridized carbons (Fsp3) is 0.800. The summed E-state index contributed by atoms with van der Waals surface area (Å²) in [6.07, 6.45) is -0.0289. The first kappa shape index (κ1) is 7.43. The third-order valence-corrected chi connectivity index (χ3v) is 0.973. The lowest BCUT2D eigenvalue weighted by Gasteiger charge is -2.01. The Morgan fingerprint density at radius 2 is 2.25 bits per heavy atom. The molecule has 0 saturated carbocycles. The van der Waals surface area contributed by atoms with Crippen molar-refractivity contribution in [3.63, 3.8) is 0 Å². The maximum absolute atomic E-state index is 8.72. The van der Waals surface area contributed by atoms with Crippen LogP contribution in [0.1, 0.15) is 20.3 Å². The molecule has 0 bridgehead atoms. The third-order valence-electron chi connectivity index (χ3n) is 0.973. The van der Waals surface area contributed by atoms with Crippen molar-refractivity contribution in [2.45, 2.75) is 26.4 Å². The first-order chi connectivity index (χ1) is 3.72. The van der Waals surface area contributed by atoms with Gasteiger partial charge < -0.3 is 10.3 Å². The van der Waals surface area contributed by atoms with Crippen LogP contribution in [0.5, 0.6) is 0 Å². The highest BCUT2D eigenvalue weighted by molar-refractivity contribution is 5.87. The molecule has 8 heavy (non-hydrogen) atoms. The smallest absolute Gasteiger partial charge is 0.0926 e. The molecular formula is C5H11NO2. The molecular weight excluding hydrogens is 106 g/mol. The normalized spacial score (nSPS) is 16.1. The summed E-state index contributed by atoms with van der Waals surface area (Å²) in [6, 6.07) is 0. The molecule has 0 fully saturated rings. The van der Waals surface area contributed by atoms with Crippen LogP contribution in [-0.4, -0.2) is 22.1 Å². The predicted molar refractivity (Wildman–Crippen MR) is 31.2 cm³/mol. The molecule has 0 saturated heterocycles. The third kappa shape index (κ3) is 1.93. The van der Waals surface area contributed by atoms with E-state index >= 15 is 0 Å². The number of rotatable bonds is 2. The van der Waals surface area contributed by atoms with Crippen molar-refractivity contribution in [2.75, 3.05) is 0 Å². The van der Waals surface area contributed by atoms with Gasteiger partial charge in [-0.1, -0.05) is 12.1 Å². The number of nitrogens with zero attached hydrogens (tertiary/aromatic N) is 1. The van der Waals surface area contributed by atoms with E-state index in [0.29, 0.717) is 12.1 Å². The van der Waals surface area contributed by atoms with Crippen molar-refractivity contribution in [3.05, 3.63) is 0 Å². The topological polar surface area (TPSA) is 52.8 Å². The van der Waals surface area contributed by atoms with Crippen molar-refractivity contribution in [3.8, 4) is 0 Å². The zero-order chi connectivity index (χ0) is 6.57. The summed E-state index contributed by atoms with van der Waals surface area (Å²) in [5.74, 6) is 0. The van der Waals surface area contributed by atoms with E-state index in [1.807, 2.05) is 6.92 Å². The molecule has 1 atom stereocenters. The molecule has 3 heteroatoms. The Balaban J connectivity index is 3.72. The number of aliphatic hydroxyl groups excluding tert-OH is 1. The van der Waals surface area contributed by atoms with Gasteiger partial charge in [-0.3, -0.25) is 0 Å². The van der Waals surface area contributed by atoms with E-state index in [2.05, 4.69) is 5.16 Å². The van der Waals surface area contributed by atoms with Gasteiger partial charge in [0.05, 0.1) is 11.8 Å². The van der Waals surface area contributed by atoms with Crippen LogP contribution in [0, 0.1) is 0 Å².